The summed E-state index contributed by atoms with van der Waals surface area (Å²) in [4.78, 5) is 26.1. The summed E-state index contributed by atoms with van der Waals surface area (Å²) in [5.74, 6) is -0.0584. The Morgan fingerprint density at radius 1 is 1.04 bits per heavy atom. The molecule has 0 aliphatic carbocycles. The number of carbonyl (C=O) groups is 2. The third-order valence-corrected chi connectivity index (χ3v) is 5.17. The molecule has 0 aromatic heterocycles. The van der Waals surface area contributed by atoms with Gasteiger partial charge in [-0.05, 0) is 46.0 Å². The average Bonchev–Trinajstić information content (AvgIpc) is 2.73. The van der Waals surface area contributed by atoms with Crippen LogP contribution in [0.25, 0.3) is 10.8 Å². The highest BCUT2D eigenvalue weighted by Gasteiger charge is 2.21. The van der Waals surface area contributed by atoms with Crippen LogP contribution in [0, 0.1) is 0 Å². The van der Waals surface area contributed by atoms with Crippen molar-refractivity contribution in [2.75, 3.05) is 19.0 Å². The number of fused-ring (bicyclic) bond motifs is 2. The Bertz CT molecular complexity index is 1040. The molecule has 0 spiro atoms. The van der Waals surface area contributed by atoms with Gasteiger partial charge in [0.15, 0.2) is 0 Å². The summed E-state index contributed by atoms with van der Waals surface area (Å²) in [5, 5.41) is 5.22. The zero-order valence-corrected chi connectivity index (χ0v) is 15.8. The number of nitrogens with one attached hydrogen (secondary N) is 1. The number of benzene rings is 3. The predicted molar refractivity (Wildman–Crippen MR) is 109 cm³/mol. The fourth-order valence-corrected chi connectivity index (χ4v) is 3.74. The molecule has 1 aliphatic heterocycles. The Kier molecular flexibility index (Phi) is 4.98. The molecule has 0 saturated heterocycles. The molecule has 3 aromatic rings. The Morgan fingerprint density at radius 3 is 2.71 bits per heavy atom. The molecule has 0 radical (unpaired) electrons. The van der Waals surface area contributed by atoms with Crippen LogP contribution in [0.1, 0.15) is 16.7 Å². The first-order chi connectivity index (χ1) is 13.6. The van der Waals surface area contributed by atoms with Gasteiger partial charge in [0, 0.05) is 18.8 Å². The molecule has 0 saturated carbocycles. The number of hydrogen-bond donors (Lipinski definition) is 1. The summed E-state index contributed by atoms with van der Waals surface area (Å²) >= 11 is 0. The maximum atomic E-state index is 12.6. The highest BCUT2D eigenvalue weighted by molar-refractivity contribution is 5.96. The minimum atomic E-state index is -0.323. The van der Waals surface area contributed by atoms with Gasteiger partial charge in [0.25, 0.3) is 0 Å². The Labute approximate surface area is 163 Å². The molecule has 1 aliphatic rings. The number of rotatable bonds is 3. The van der Waals surface area contributed by atoms with Gasteiger partial charge >= 0.3 is 6.09 Å². The Balaban J connectivity index is 1.49. The molecule has 1 N–H and O–H groups in total. The van der Waals surface area contributed by atoms with Crippen LogP contribution in [0.3, 0.4) is 0 Å². The van der Waals surface area contributed by atoms with Crippen molar-refractivity contribution in [1.29, 1.82) is 0 Å². The first-order valence-corrected chi connectivity index (χ1v) is 9.35. The van der Waals surface area contributed by atoms with E-state index in [-0.39, 0.29) is 12.0 Å². The van der Waals surface area contributed by atoms with E-state index in [9.17, 15) is 9.59 Å². The number of amides is 2. The third-order valence-electron chi connectivity index (χ3n) is 5.17. The van der Waals surface area contributed by atoms with Crippen molar-refractivity contribution in [2.24, 2.45) is 0 Å². The fourth-order valence-electron chi connectivity index (χ4n) is 3.74. The normalized spacial score (nSPS) is 13.1. The van der Waals surface area contributed by atoms with Crippen LogP contribution in [0.2, 0.25) is 0 Å². The highest BCUT2D eigenvalue weighted by atomic mass is 16.5. The zero-order valence-electron chi connectivity index (χ0n) is 15.8. The van der Waals surface area contributed by atoms with E-state index in [1.165, 1.54) is 12.7 Å². The average molecular weight is 374 g/mol. The molecule has 0 atom stereocenters. The van der Waals surface area contributed by atoms with Gasteiger partial charge in [-0.1, -0.05) is 48.5 Å². The van der Waals surface area contributed by atoms with Gasteiger partial charge in [-0.2, -0.15) is 0 Å². The molecule has 1 heterocycles. The van der Waals surface area contributed by atoms with Crippen molar-refractivity contribution in [3.8, 4) is 0 Å². The van der Waals surface area contributed by atoms with E-state index in [4.69, 9.17) is 4.74 Å². The minimum absolute atomic E-state index is 0.0584. The number of methoxy groups -OCH3 is 1. The van der Waals surface area contributed by atoms with Gasteiger partial charge in [-0.25, -0.2) is 4.79 Å². The molecule has 0 unspecified atom stereocenters. The Morgan fingerprint density at radius 2 is 1.86 bits per heavy atom. The van der Waals surface area contributed by atoms with Gasteiger partial charge in [0.2, 0.25) is 5.91 Å². The van der Waals surface area contributed by atoms with Crippen LogP contribution < -0.4 is 5.32 Å². The summed E-state index contributed by atoms with van der Waals surface area (Å²) in [6.07, 6.45) is 0.775. The number of carbonyl (C=O) groups excluding carboxylic acids is 2. The highest BCUT2D eigenvalue weighted by Crippen LogP contribution is 2.24. The summed E-state index contributed by atoms with van der Waals surface area (Å²) in [5.41, 5.74) is 3.99. The van der Waals surface area contributed by atoms with E-state index < -0.39 is 0 Å². The van der Waals surface area contributed by atoms with Crippen molar-refractivity contribution >= 4 is 28.5 Å². The lowest BCUT2D eigenvalue weighted by Gasteiger charge is -2.28. The van der Waals surface area contributed by atoms with Crippen molar-refractivity contribution < 1.29 is 14.3 Å². The molecule has 4 rings (SSSR count). The molecule has 2 amide bonds. The molecule has 5 heteroatoms. The van der Waals surface area contributed by atoms with Gasteiger partial charge in [-0.3, -0.25) is 4.79 Å². The van der Waals surface area contributed by atoms with Gasteiger partial charge in [0.05, 0.1) is 13.5 Å². The fraction of sp³-hybridized carbons (Fsp3) is 0.217. The summed E-state index contributed by atoms with van der Waals surface area (Å²) in [6, 6.07) is 20.0. The number of hydrogen-bond acceptors (Lipinski definition) is 3. The number of nitrogens with zero attached hydrogens (tertiary/aromatic N) is 1. The van der Waals surface area contributed by atoms with E-state index in [1.54, 1.807) is 4.90 Å². The van der Waals surface area contributed by atoms with E-state index in [1.807, 2.05) is 60.7 Å². The number of ether oxygens (including phenoxy) is 1. The van der Waals surface area contributed by atoms with Crippen molar-refractivity contribution in [1.82, 2.24) is 4.90 Å². The zero-order chi connectivity index (χ0) is 19.5. The third kappa shape index (κ3) is 3.69. The molecule has 28 heavy (non-hydrogen) atoms. The van der Waals surface area contributed by atoms with E-state index in [0.717, 1.165) is 34.0 Å². The lowest BCUT2D eigenvalue weighted by atomic mass is 9.99. The van der Waals surface area contributed by atoms with Crippen LogP contribution >= 0.6 is 0 Å². The predicted octanol–water partition coefficient (Wildman–Crippen LogP) is 4.15. The first-order valence-electron chi connectivity index (χ1n) is 9.35. The van der Waals surface area contributed by atoms with Crippen LogP contribution in [-0.2, 0) is 28.9 Å². The second kappa shape index (κ2) is 7.72. The quantitative estimate of drug-likeness (QED) is 0.749. The van der Waals surface area contributed by atoms with Gasteiger partial charge < -0.3 is 15.0 Å². The molecule has 3 aromatic carbocycles. The van der Waals surface area contributed by atoms with Gasteiger partial charge in [0.1, 0.15) is 0 Å². The first kappa shape index (κ1) is 18.0. The summed E-state index contributed by atoms with van der Waals surface area (Å²) in [7, 11) is 1.39. The minimum Gasteiger partial charge on any atom is -0.453 e. The van der Waals surface area contributed by atoms with Crippen molar-refractivity contribution in [3.05, 3.63) is 77.4 Å². The molecule has 5 nitrogen and oxygen atoms in total. The van der Waals surface area contributed by atoms with Gasteiger partial charge in [-0.15, -0.1) is 0 Å². The van der Waals surface area contributed by atoms with E-state index in [0.29, 0.717) is 19.5 Å². The maximum Gasteiger partial charge on any atom is 0.409 e. The molecule has 0 bridgehead atoms. The lowest BCUT2D eigenvalue weighted by Crippen LogP contribution is -2.35. The summed E-state index contributed by atoms with van der Waals surface area (Å²) < 4.78 is 4.82. The van der Waals surface area contributed by atoms with Crippen molar-refractivity contribution in [2.45, 2.75) is 19.4 Å². The monoisotopic (exact) mass is 374 g/mol. The molecule has 142 valence electrons. The lowest BCUT2D eigenvalue weighted by molar-refractivity contribution is -0.115. The second-order valence-corrected chi connectivity index (χ2v) is 6.99. The molecule has 0 fully saturated rings. The SMILES string of the molecule is COC(=O)N1CCc2ccc(NC(=O)Cc3cccc4ccccc34)cc2C1. The van der Waals surface area contributed by atoms with Crippen LogP contribution in [-0.4, -0.2) is 30.6 Å². The largest absolute Gasteiger partial charge is 0.453 e. The molecular formula is C23H22N2O3. The maximum absolute atomic E-state index is 12.6. The van der Waals surface area contributed by atoms with Crippen LogP contribution in [0.5, 0.6) is 0 Å². The van der Waals surface area contributed by atoms with Crippen molar-refractivity contribution in [3.63, 3.8) is 0 Å². The second-order valence-electron chi connectivity index (χ2n) is 6.99. The van der Waals surface area contributed by atoms with Crippen LogP contribution in [0.4, 0.5) is 10.5 Å². The standard InChI is InChI=1S/C23H22N2O3/c1-28-23(27)25-12-11-16-9-10-20(13-19(16)15-25)24-22(26)14-18-7-4-6-17-5-2-3-8-21(17)18/h2-10,13H,11-12,14-15H2,1H3,(H,24,26). The Hall–Kier alpha value is -3.34. The summed E-state index contributed by atoms with van der Waals surface area (Å²) in [6.45, 7) is 1.14. The van der Waals surface area contributed by atoms with E-state index in [2.05, 4.69) is 5.32 Å². The van der Waals surface area contributed by atoms with Crippen LogP contribution in [0.15, 0.2) is 60.7 Å². The topological polar surface area (TPSA) is 58.6 Å². The van der Waals surface area contributed by atoms with E-state index >= 15 is 0 Å². The smallest absolute Gasteiger partial charge is 0.409 e. The molecular weight excluding hydrogens is 352 g/mol. The number of anilines is 1.